The molecule has 0 amide bonds. The van der Waals surface area contributed by atoms with Gasteiger partial charge in [0, 0.05) is 24.9 Å². The number of nitrogens with zero attached hydrogens (tertiary/aromatic N) is 2. The van der Waals surface area contributed by atoms with Gasteiger partial charge in [-0.3, -0.25) is 9.36 Å². The topological polar surface area (TPSA) is 79.5 Å². The van der Waals surface area contributed by atoms with Gasteiger partial charge in [-0.1, -0.05) is 11.8 Å². The van der Waals surface area contributed by atoms with Crippen LogP contribution in [0.3, 0.4) is 0 Å². The van der Waals surface area contributed by atoms with E-state index >= 15 is 0 Å². The van der Waals surface area contributed by atoms with Gasteiger partial charge >= 0.3 is 0 Å². The number of carbonyl (C=O) groups excluding carboxylic acids is 1. The number of aryl methyl sites for hydroxylation is 1. The Morgan fingerprint density at radius 3 is 3.19 bits per heavy atom. The van der Waals surface area contributed by atoms with E-state index < -0.39 is 5.97 Å². The second kappa shape index (κ2) is 5.81. The number of carbonyl (C=O) groups is 1. The van der Waals surface area contributed by atoms with Gasteiger partial charge in [0.05, 0.1) is 37.3 Å². The number of aromatic nitrogens is 2. The molecule has 114 valence electrons. The highest BCUT2D eigenvalue weighted by atomic mass is 32.2. The lowest BCUT2D eigenvalue weighted by Gasteiger charge is -2.28. The predicted molar refractivity (Wildman–Crippen MR) is 76.4 cm³/mol. The number of fused-ring (bicyclic) bond motifs is 3. The normalized spacial score (nSPS) is 27.2. The Kier molecular flexibility index (Phi) is 4.03. The van der Waals surface area contributed by atoms with Crippen molar-refractivity contribution in [3.05, 3.63) is 22.2 Å². The average Bonchev–Trinajstić information content (AvgIpc) is 2.79. The van der Waals surface area contributed by atoms with Crippen molar-refractivity contribution in [1.82, 2.24) is 9.55 Å². The third kappa shape index (κ3) is 2.85. The third-order valence-corrected chi connectivity index (χ3v) is 5.68. The number of nitrogens with one attached hydrogen (secondary N) is 1. The monoisotopic (exact) mass is 309 g/mol. The fraction of sp³-hybridized carbons (Fsp3) is 0.643. The SMILES string of the molecule is C[NH+]1CC[C@H]2c3c(ncn(CCCC(=O)[O-])c3=O)S[C@@H]2C1. The van der Waals surface area contributed by atoms with Crippen LogP contribution in [-0.2, 0) is 11.3 Å². The first-order chi connectivity index (χ1) is 10.1. The number of hydrogen-bond acceptors (Lipinski definition) is 5. The lowest BCUT2D eigenvalue weighted by Crippen LogP contribution is -3.11. The number of carboxylic acid groups (broad SMARTS) is 1. The van der Waals surface area contributed by atoms with Crippen molar-refractivity contribution in [3.8, 4) is 0 Å². The Morgan fingerprint density at radius 1 is 1.62 bits per heavy atom. The third-order valence-electron chi connectivity index (χ3n) is 4.33. The fourth-order valence-corrected chi connectivity index (χ4v) is 4.79. The molecule has 1 unspecified atom stereocenters. The van der Waals surface area contributed by atoms with Crippen LogP contribution in [0, 0.1) is 0 Å². The van der Waals surface area contributed by atoms with Gasteiger partial charge in [-0.15, -0.1) is 0 Å². The number of piperidine rings is 1. The smallest absolute Gasteiger partial charge is 0.257 e. The quantitative estimate of drug-likeness (QED) is 0.667. The molecule has 2 aliphatic rings. The first kappa shape index (κ1) is 14.6. The Labute approximate surface area is 127 Å². The lowest BCUT2D eigenvalue weighted by molar-refractivity contribution is -0.884. The minimum Gasteiger partial charge on any atom is -0.550 e. The molecule has 0 radical (unpaired) electrons. The molecule has 3 heterocycles. The molecular weight excluding hydrogens is 290 g/mol. The minimum absolute atomic E-state index is 0.0119. The molecule has 1 aromatic rings. The van der Waals surface area contributed by atoms with E-state index in [0.717, 1.165) is 30.1 Å². The van der Waals surface area contributed by atoms with E-state index in [0.29, 0.717) is 24.1 Å². The van der Waals surface area contributed by atoms with Crippen molar-refractivity contribution in [3.63, 3.8) is 0 Å². The minimum atomic E-state index is -1.08. The highest BCUT2D eigenvalue weighted by Gasteiger charge is 2.41. The molecule has 21 heavy (non-hydrogen) atoms. The predicted octanol–water partition coefficient (Wildman–Crippen LogP) is -1.75. The average molecular weight is 309 g/mol. The number of quaternary nitrogens is 1. The number of carboxylic acids is 1. The molecule has 1 N–H and O–H groups in total. The lowest BCUT2D eigenvalue weighted by atomic mass is 9.91. The van der Waals surface area contributed by atoms with Gasteiger partial charge < -0.3 is 14.8 Å². The summed E-state index contributed by atoms with van der Waals surface area (Å²) in [5, 5.41) is 11.8. The summed E-state index contributed by atoms with van der Waals surface area (Å²) in [5.41, 5.74) is 0.867. The number of likely N-dealkylation sites (tertiary alicyclic amines) is 1. The van der Waals surface area contributed by atoms with Gasteiger partial charge in [-0.25, -0.2) is 4.98 Å². The molecule has 3 atom stereocenters. The van der Waals surface area contributed by atoms with Crippen LogP contribution in [0.1, 0.15) is 30.7 Å². The maximum absolute atomic E-state index is 12.6. The van der Waals surface area contributed by atoms with Gasteiger partial charge in [-0.2, -0.15) is 0 Å². The highest BCUT2D eigenvalue weighted by Crippen LogP contribution is 2.44. The van der Waals surface area contributed by atoms with Crippen molar-refractivity contribution in [2.45, 2.75) is 42.0 Å². The van der Waals surface area contributed by atoms with Gasteiger partial charge in [0.15, 0.2) is 0 Å². The molecule has 3 rings (SSSR count). The molecule has 1 aromatic heterocycles. The molecule has 2 aliphatic heterocycles. The van der Waals surface area contributed by atoms with Gasteiger partial charge in [0.2, 0.25) is 0 Å². The molecule has 6 nitrogen and oxygen atoms in total. The maximum atomic E-state index is 12.6. The molecule has 0 saturated carbocycles. The van der Waals surface area contributed by atoms with Crippen LogP contribution in [0.15, 0.2) is 16.1 Å². The van der Waals surface area contributed by atoms with E-state index in [1.165, 1.54) is 4.90 Å². The molecule has 0 bridgehead atoms. The summed E-state index contributed by atoms with van der Waals surface area (Å²) in [5.74, 6) is -0.770. The van der Waals surface area contributed by atoms with Crippen molar-refractivity contribution in [1.29, 1.82) is 0 Å². The number of aliphatic carboxylic acids is 1. The Bertz CT molecular complexity index is 616. The molecule has 1 fully saturated rings. The summed E-state index contributed by atoms with van der Waals surface area (Å²) in [4.78, 5) is 29.0. The van der Waals surface area contributed by atoms with E-state index in [4.69, 9.17) is 0 Å². The van der Waals surface area contributed by atoms with Crippen molar-refractivity contribution in [2.75, 3.05) is 20.1 Å². The summed E-state index contributed by atoms with van der Waals surface area (Å²) in [6.45, 7) is 2.54. The van der Waals surface area contributed by atoms with E-state index in [-0.39, 0.29) is 12.0 Å². The van der Waals surface area contributed by atoms with Crippen LogP contribution < -0.4 is 15.6 Å². The van der Waals surface area contributed by atoms with E-state index in [2.05, 4.69) is 12.0 Å². The van der Waals surface area contributed by atoms with Gasteiger partial charge in [0.1, 0.15) is 5.03 Å². The fourth-order valence-electron chi connectivity index (χ4n) is 3.23. The van der Waals surface area contributed by atoms with E-state index in [1.807, 2.05) is 0 Å². The van der Waals surface area contributed by atoms with E-state index in [9.17, 15) is 14.7 Å². The first-order valence-electron chi connectivity index (χ1n) is 7.33. The van der Waals surface area contributed by atoms with Crippen molar-refractivity contribution < 1.29 is 14.8 Å². The summed E-state index contributed by atoms with van der Waals surface area (Å²) >= 11 is 1.73. The highest BCUT2D eigenvalue weighted by molar-refractivity contribution is 8.00. The van der Waals surface area contributed by atoms with Crippen LogP contribution in [0.5, 0.6) is 0 Å². The van der Waals surface area contributed by atoms with Crippen molar-refractivity contribution in [2.24, 2.45) is 0 Å². The largest absolute Gasteiger partial charge is 0.550 e. The first-order valence-corrected chi connectivity index (χ1v) is 8.21. The number of thioether (sulfide) groups is 1. The Balaban J connectivity index is 1.81. The van der Waals surface area contributed by atoms with Crippen LogP contribution in [0.2, 0.25) is 0 Å². The van der Waals surface area contributed by atoms with Gasteiger partial charge in [-0.05, 0) is 12.8 Å². The molecular formula is C14H19N3O3S. The zero-order chi connectivity index (χ0) is 15.0. The second-order valence-corrected chi connectivity index (χ2v) is 7.13. The van der Waals surface area contributed by atoms with Crippen LogP contribution >= 0.6 is 11.8 Å². The summed E-state index contributed by atoms with van der Waals surface area (Å²) in [6, 6.07) is 0. The maximum Gasteiger partial charge on any atom is 0.257 e. The van der Waals surface area contributed by atoms with Crippen molar-refractivity contribution >= 4 is 17.7 Å². The zero-order valence-electron chi connectivity index (χ0n) is 12.0. The number of hydrogen-bond donors (Lipinski definition) is 1. The molecule has 0 spiro atoms. The number of rotatable bonds is 4. The summed E-state index contributed by atoms with van der Waals surface area (Å²) < 4.78 is 1.55. The van der Waals surface area contributed by atoms with Crippen LogP contribution in [0.4, 0.5) is 0 Å². The van der Waals surface area contributed by atoms with Crippen LogP contribution in [-0.4, -0.2) is 40.9 Å². The van der Waals surface area contributed by atoms with E-state index in [1.54, 1.807) is 22.7 Å². The molecule has 0 aromatic carbocycles. The zero-order valence-corrected chi connectivity index (χ0v) is 12.8. The Hall–Kier alpha value is -1.34. The molecule has 1 saturated heterocycles. The summed E-state index contributed by atoms with van der Waals surface area (Å²) in [6.07, 6.45) is 2.95. The second-order valence-electron chi connectivity index (χ2n) is 5.90. The molecule has 7 heteroatoms. The van der Waals surface area contributed by atoms with Gasteiger partial charge in [0.25, 0.3) is 5.56 Å². The standard InChI is InChI=1S/C14H19N3O3S/c1-16-6-4-9-10(7-16)21-13-12(9)14(20)17(8-15-13)5-2-3-11(18)19/h8-10H,2-7H2,1H3,(H,18,19)/t9-,10-/m1/s1. The van der Waals surface area contributed by atoms with Crippen LogP contribution in [0.25, 0.3) is 0 Å². The Morgan fingerprint density at radius 2 is 2.43 bits per heavy atom. The molecule has 0 aliphatic carbocycles. The summed E-state index contributed by atoms with van der Waals surface area (Å²) in [7, 11) is 2.19.